The van der Waals surface area contributed by atoms with Crippen molar-refractivity contribution in [2.24, 2.45) is 5.92 Å². The normalized spacial score (nSPS) is 37.4. The molecule has 13 unspecified atom stereocenters. The number of hydrogen-bond acceptors (Lipinski definition) is 9. The number of fused-ring (bicyclic) bond motifs is 5. The maximum atomic E-state index is 12.7. The number of carbonyl (C=O) groups is 1. The summed E-state index contributed by atoms with van der Waals surface area (Å²) in [5, 5.41) is 25.4. The maximum Gasteiger partial charge on any atom is 0.338 e. The Labute approximate surface area is 372 Å². The van der Waals surface area contributed by atoms with Gasteiger partial charge in [0.05, 0.1) is 71.2 Å². The van der Waals surface area contributed by atoms with Crippen LogP contribution in [-0.4, -0.2) is 94.5 Å². The highest BCUT2D eigenvalue weighted by atomic mass is 16.6. The molecule has 0 amide bonds. The molecular weight excluding hydrogens is 781 g/mol. The van der Waals surface area contributed by atoms with Crippen LogP contribution in [0.4, 0.5) is 0 Å². The Morgan fingerprint density at radius 2 is 1.53 bits per heavy atom. The smallest absolute Gasteiger partial charge is 0.338 e. The molecule has 2 aromatic carbocycles. The molecule has 0 aromatic heterocycles. The summed E-state index contributed by atoms with van der Waals surface area (Å²) in [6.07, 6.45) is 15.3. The Kier molecular flexibility index (Phi) is 17.4. The maximum absolute atomic E-state index is 12.7. The summed E-state index contributed by atoms with van der Waals surface area (Å²) >= 11 is 0. The first-order valence-electron chi connectivity index (χ1n) is 23.2. The molecular formula is C53H78O9. The molecule has 5 fully saturated rings. The van der Waals surface area contributed by atoms with Crippen LogP contribution < -0.4 is 0 Å². The molecule has 5 saturated heterocycles. The Balaban J connectivity index is 0.00000239. The highest BCUT2D eigenvalue weighted by molar-refractivity contribution is 5.95. The summed E-state index contributed by atoms with van der Waals surface area (Å²) in [6.45, 7) is 20.5. The quantitative estimate of drug-likeness (QED) is 0.168. The lowest BCUT2D eigenvalue weighted by atomic mass is 9.79. The van der Waals surface area contributed by atoms with Crippen molar-refractivity contribution in [1.29, 1.82) is 0 Å². The average molecular weight is 859 g/mol. The minimum atomic E-state index is -0.938. The van der Waals surface area contributed by atoms with E-state index in [-0.39, 0.29) is 68.6 Å². The molecule has 0 spiro atoms. The van der Waals surface area contributed by atoms with Gasteiger partial charge in [0, 0.05) is 12.8 Å². The van der Waals surface area contributed by atoms with E-state index in [0.29, 0.717) is 31.2 Å². The minimum Gasteiger partial charge on any atom is -0.458 e. The largest absolute Gasteiger partial charge is 0.458 e. The van der Waals surface area contributed by atoms with Gasteiger partial charge in [-0.25, -0.2) is 4.79 Å². The average Bonchev–Trinajstić information content (AvgIpc) is 3.50. The van der Waals surface area contributed by atoms with Crippen LogP contribution >= 0.6 is 0 Å². The third kappa shape index (κ3) is 11.6. The van der Waals surface area contributed by atoms with Crippen molar-refractivity contribution < 1.29 is 43.4 Å². The molecule has 13 atom stereocenters. The van der Waals surface area contributed by atoms with Gasteiger partial charge in [0.25, 0.3) is 0 Å². The zero-order valence-electron chi connectivity index (χ0n) is 38.1. The molecule has 0 radical (unpaired) electrons. The monoisotopic (exact) mass is 859 g/mol. The lowest BCUT2D eigenvalue weighted by molar-refractivity contribution is -0.273. The van der Waals surface area contributed by atoms with Crippen LogP contribution in [0.25, 0.3) is 10.8 Å². The number of hydrogen-bond donors (Lipinski definition) is 2. The van der Waals surface area contributed by atoms with Crippen molar-refractivity contribution in [2.75, 3.05) is 6.61 Å². The van der Waals surface area contributed by atoms with Gasteiger partial charge >= 0.3 is 5.97 Å². The van der Waals surface area contributed by atoms with E-state index in [1.807, 2.05) is 82.3 Å². The fourth-order valence-electron chi connectivity index (χ4n) is 10.2. The van der Waals surface area contributed by atoms with E-state index in [1.165, 1.54) is 0 Å². The SMILES string of the molecule is C.C=C/C=C\CCC1OC2CCC3(C)OC4C(O)CC5(C)OC(CC/C=C(C)/C(C)=C/COC(=O)c6ccc7ccccc7c6)C(C)CC5OC4CC3OC2CCC1(C)O.CC. The fourth-order valence-corrected chi connectivity index (χ4v) is 10.2. The third-order valence-corrected chi connectivity index (χ3v) is 14.2. The van der Waals surface area contributed by atoms with E-state index in [2.05, 4.69) is 46.4 Å². The van der Waals surface area contributed by atoms with Gasteiger partial charge in [-0.05, 0) is 133 Å². The van der Waals surface area contributed by atoms with E-state index < -0.39 is 29.0 Å². The summed E-state index contributed by atoms with van der Waals surface area (Å²) in [5.41, 5.74) is 0.563. The summed E-state index contributed by atoms with van der Waals surface area (Å²) < 4.78 is 40.1. The summed E-state index contributed by atoms with van der Waals surface area (Å²) in [4.78, 5) is 12.7. The van der Waals surface area contributed by atoms with Crippen LogP contribution in [0.2, 0.25) is 0 Å². The van der Waals surface area contributed by atoms with Gasteiger partial charge in [-0.1, -0.05) is 95.0 Å². The molecule has 9 nitrogen and oxygen atoms in total. The highest BCUT2D eigenvalue weighted by Crippen LogP contribution is 2.49. The van der Waals surface area contributed by atoms with Gasteiger partial charge in [0.2, 0.25) is 0 Å². The number of esters is 1. The highest BCUT2D eigenvalue weighted by Gasteiger charge is 2.58. The van der Waals surface area contributed by atoms with Gasteiger partial charge in [0.1, 0.15) is 12.7 Å². The predicted molar refractivity (Wildman–Crippen MR) is 248 cm³/mol. The molecule has 62 heavy (non-hydrogen) atoms. The molecule has 0 saturated carbocycles. The van der Waals surface area contributed by atoms with Crippen LogP contribution in [0.5, 0.6) is 0 Å². The molecule has 7 rings (SSSR count). The number of rotatable bonds is 11. The van der Waals surface area contributed by atoms with E-state index in [1.54, 1.807) is 6.08 Å². The van der Waals surface area contributed by atoms with Crippen molar-refractivity contribution in [3.63, 3.8) is 0 Å². The van der Waals surface area contributed by atoms with Gasteiger partial charge in [-0.3, -0.25) is 0 Å². The lowest BCUT2D eigenvalue weighted by Gasteiger charge is -2.49. The molecule has 2 N–H and O–H groups in total. The number of benzene rings is 2. The van der Waals surface area contributed by atoms with Crippen molar-refractivity contribution in [1.82, 2.24) is 0 Å². The van der Waals surface area contributed by atoms with Crippen molar-refractivity contribution in [2.45, 2.75) is 205 Å². The second-order valence-corrected chi connectivity index (χ2v) is 18.8. The zero-order valence-corrected chi connectivity index (χ0v) is 38.1. The van der Waals surface area contributed by atoms with E-state index >= 15 is 0 Å². The van der Waals surface area contributed by atoms with Crippen LogP contribution in [-0.2, 0) is 28.4 Å². The molecule has 5 aliphatic heterocycles. The molecule has 2 aromatic rings. The Morgan fingerprint density at radius 1 is 0.855 bits per heavy atom. The van der Waals surface area contributed by atoms with Gasteiger partial charge in [-0.2, -0.15) is 0 Å². The molecule has 344 valence electrons. The lowest BCUT2D eigenvalue weighted by Crippen LogP contribution is -2.59. The predicted octanol–water partition coefficient (Wildman–Crippen LogP) is 10.9. The van der Waals surface area contributed by atoms with Gasteiger partial charge in [0.15, 0.2) is 0 Å². The van der Waals surface area contributed by atoms with Crippen LogP contribution in [0.15, 0.2) is 90.6 Å². The van der Waals surface area contributed by atoms with Gasteiger partial charge < -0.3 is 38.6 Å². The number of carbonyl (C=O) groups excluding carboxylic acids is 1. The number of aliphatic hydroxyl groups excluding tert-OH is 1. The minimum absolute atomic E-state index is 0. The first-order valence-corrected chi connectivity index (χ1v) is 23.2. The number of allylic oxidation sites excluding steroid dienone is 6. The third-order valence-electron chi connectivity index (χ3n) is 14.2. The van der Waals surface area contributed by atoms with Gasteiger partial charge in [-0.15, -0.1) is 0 Å². The van der Waals surface area contributed by atoms with E-state index in [4.69, 9.17) is 28.4 Å². The van der Waals surface area contributed by atoms with Crippen molar-refractivity contribution >= 4 is 16.7 Å². The molecule has 0 bridgehead atoms. The second kappa shape index (κ2) is 21.7. The van der Waals surface area contributed by atoms with Crippen molar-refractivity contribution in [3.05, 3.63) is 96.1 Å². The Bertz CT molecular complexity index is 1880. The first-order chi connectivity index (χ1) is 29.2. The summed E-state index contributed by atoms with van der Waals surface area (Å²) in [5.74, 6) is -0.0643. The van der Waals surface area contributed by atoms with Crippen LogP contribution in [0, 0.1) is 5.92 Å². The first kappa shape index (κ1) is 49.9. The van der Waals surface area contributed by atoms with Crippen LogP contribution in [0.1, 0.15) is 144 Å². The fraction of sp³-hybridized carbons (Fsp3) is 0.642. The zero-order chi connectivity index (χ0) is 44.0. The second-order valence-electron chi connectivity index (χ2n) is 18.8. The summed E-state index contributed by atoms with van der Waals surface area (Å²) in [7, 11) is 0. The van der Waals surface area contributed by atoms with E-state index in [0.717, 1.165) is 66.9 Å². The summed E-state index contributed by atoms with van der Waals surface area (Å²) in [6, 6.07) is 13.6. The molecule has 0 aliphatic carbocycles. The van der Waals surface area contributed by atoms with Crippen molar-refractivity contribution in [3.8, 4) is 0 Å². The molecule has 9 heteroatoms. The van der Waals surface area contributed by atoms with E-state index in [9.17, 15) is 15.0 Å². The standard InChI is InChI=1S/C50H68O9.C2H6.CH4/c1-8-9-10-11-19-43-48(5,53)25-22-40-41(55-43)23-26-49(6)45(56-40)30-42-46(59-49)38(51)31-50(7)44(57-42)28-34(4)39(58-50)18-14-15-32(2)33(3)24-27-54-47(52)37-21-20-35-16-12-13-17-36(35)29-37;1-2;/h8-10,12-13,15-17,20-21,24,29,34,38-46,51,53H,1,11,14,18-19,22-23,25-28,30-31H2,2-7H3;1-2H3;1H4/b10-9-,32-15+,33-24+;;. The number of ether oxygens (including phenoxy) is 6. The van der Waals surface area contributed by atoms with Crippen LogP contribution in [0.3, 0.4) is 0 Å². The Hall–Kier alpha value is -3.15. The topological polar surface area (TPSA) is 113 Å². The molecule has 5 aliphatic rings. The molecule has 5 heterocycles. The number of aliphatic hydroxyl groups is 2. The Morgan fingerprint density at radius 3 is 2.29 bits per heavy atom.